The molecule has 1 aliphatic heterocycles. The largest absolute Gasteiger partial charge is 0.353 e. The van der Waals surface area contributed by atoms with E-state index in [-0.39, 0.29) is 17.7 Å². The van der Waals surface area contributed by atoms with Gasteiger partial charge in [0.25, 0.3) is 5.91 Å². The van der Waals surface area contributed by atoms with E-state index in [1.165, 1.54) is 0 Å². The van der Waals surface area contributed by atoms with Gasteiger partial charge in [-0.25, -0.2) is 0 Å². The zero-order valence-electron chi connectivity index (χ0n) is 14.2. The summed E-state index contributed by atoms with van der Waals surface area (Å²) in [6.07, 6.45) is 2.24. The highest BCUT2D eigenvalue weighted by Gasteiger charge is 2.25. The molecule has 0 aromatic heterocycles. The summed E-state index contributed by atoms with van der Waals surface area (Å²) in [6.45, 7) is 7.45. The number of amides is 2. The van der Waals surface area contributed by atoms with E-state index < -0.39 is 6.04 Å². The molecule has 2 rings (SSSR count). The predicted molar refractivity (Wildman–Crippen MR) is 91.3 cm³/mol. The predicted octanol–water partition coefficient (Wildman–Crippen LogP) is 1.62. The van der Waals surface area contributed by atoms with Crippen molar-refractivity contribution in [2.75, 3.05) is 13.1 Å². The van der Waals surface area contributed by atoms with Crippen LogP contribution in [0.25, 0.3) is 0 Å². The van der Waals surface area contributed by atoms with E-state index in [1.807, 2.05) is 39.0 Å². The molecule has 2 unspecified atom stereocenters. The van der Waals surface area contributed by atoms with Crippen molar-refractivity contribution >= 4 is 11.8 Å². The molecule has 0 aliphatic carbocycles. The fourth-order valence-corrected chi connectivity index (χ4v) is 2.81. The molecule has 0 spiro atoms. The first-order valence-electron chi connectivity index (χ1n) is 8.36. The van der Waals surface area contributed by atoms with Gasteiger partial charge in [0.1, 0.15) is 6.04 Å². The highest BCUT2D eigenvalue weighted by atomic mass is 16.2. The van der Waals surface area contributed by atoms with Gasteiger partial charge in [0.2, 0.25) is 5.91 Å². The van der Waals surface area contributed by atoms with Gasteiger partial charge in [0.05, 0.1) is 0 Å². The van der Waals surface area contributed by atoms with E-state index in [4.69, 9.17) is 0 Å². The van der Waals surface area contributed by atoms with Crippen LogP contribution in [0.1, 0.15) is 42.6 Å². The summed E-state index contributed by atoms with van der Waals surface area (Å²) in [5.41, 5.74) is 1.61. The van der Waals surface area contributed by atoms with Crippen LogP contribution in [0.4, 0.5) is 0 Å². The maximum atomic E-state index is 12.4. The van der Waals surface area contributed by atoms with Crippen molar-refractivity contribution in [2.45, 2.75) is 45.7 Å². The second kappa shape index (κ2) is 8.11. The van der Waals surface area contributed by atoms with Crippen molar-refractivity contribution in [3.8, 4) is 0 Å². The standard InChI is InChI=1S/C18H27N3O2/c1-12(2)16(18(23)20-11-15-8-5-9-19-15)21-17(22)14-7-4-6-13(3)10-14/h4,6-7,10,12,15-16,19H,5,8-9,11H2,1-3H3,(H,20,23)(H,21,22). The lowest BCUT2D eigenvalue weighted by molar-refractivity contribution is -0.124. The molecule has 1 heterocycles. The first-order valence-corrected chi connectivity index (χ1v) is 8.36. The molecule has 3 N–H and O–H groups in total. The van der Waals surface area contributed by atoms with E-state index in [9.17, 15) is 9.59 Å². The monoisotopic (exact) mass is 317 g/mol. The van der Waals surface area contributed by atoms with Crippen molar-refractivity contribution in [1.82, 2.24) is 16.0 Å². The van der Waals surface area contributed by atoms with Crippen LogP contribution in [0.3, 0.4) is 0 Å². The third-order valence-electron chi connectivity index (χ3n) is 4.20. The quantitative estimate of drug-likeness (QED) is 0.747. The van der Waals surface area contributed by atoms with Gasteiger partial charge in [-0.1, -0.05) is 31.5 Å². The summed E-state index contributed by atoms with van der Waals surface area (Å²) in [4.78, 5) is 24.8. The van der Waals surface area contributed by atoms with Crippen molar-refractivity contribution in [3.63, 3.8) is 0 Å². The minimum Gasteiger partial charge on any atom is -0.353 e. The molecule has 1 aromatic rings. The summed E-state index contributed by atoms with van der Waals surface area (Å²) < 4.78 is 0. The first-order chi connectivity index (χ1) is 11.0. The maximum Gasteiger partial charge on any atom is 0.251 e. The third kappa shape index (κ3) is 5.06. The molecule has 5 nitrogen and oxygen atoms in total. The van der Waals surface area contributed by atoms with E-state index >= 15 is 0 Å². The Balaban J connectivity index is 1.94. The van der Waals surface area contributed by atoms with Crippen LogP contribution in [-0.4, -0.2) is 37.0 Å². The number of aryl methyl sites for hydroxylation is 1. The fourth-order valence-electron chi connectivity index (χ4n) is 2.81. The van der Waals surface area contributed by atoms with Gasteiger partial charge in [0, 0.05) is 18.2 Å². The molecule has 126 valence electrons. The Hall–Kier alpha value is -1.88. The Morgan fingerprint density at radius 3 is 2.74 bits per heavy atom. The first kappa shape index (κ1) is 17.5. The zero-order chi connectivity index (χ0) is 16.8. The average Bonchev–Trinajstić information content (AvgIpc) is 3.03. The van der Waals surface area contributed by atoms with Crippen LogP contribution in [0, 0.1) is 12.8 Å². The minimum atomic E-state index is -0.524. The Morgan fingerprint density at radius 1 is 1.35 bits per heavy atom. The van der Waals surface area contributed by atoms with Crippen molar-refractivity contribution < 1.29 is 9.59 Å². The van der Waals surface area contributed by atoms with E-state index in [2.05, 4.69) is 16.0 Å². The number of benzene rings is 1. The van der Waals surface area contributed by atoms with Crippen LogP contribution in [0.15, 0.2) is 24.3 Å². The molecule has 0 saturated carbocycles. The Labute approximate surface area is 138 Å². The second-order valence-corrected chi connectivity index (χ2v) is 6.60. The van der Waals surface area contributed by atoms with E-state index in [0.717, 1.165) is 24.9 Å². The Kier molecular flexibility index (Phi) is 6.16. The Bertz CT molecular complexity index is 551. The zero-order valence-corrected chi connectivity index (χ0v) is 14.2. The Morgan fingerprint density at radius 2 is 2.13 bits per heavy atom. The van der Waals surface area contributed by atoms with Gasteiger partial charge < -0.3 is 16.0 Å². The van der Waals surface area contributed by atoms with Gasteiger partial charge in [-0.15, -0.1) is 0 Å². The SMILES string of the molecule is Cc1cccc(C(=O)NC(C(=O)NCC2CCCN2)C(C)C)c1. The molecule has 2 atom stereocenters. The number of hydrogen-bond donors (Lipinski definition) is 3. The van der Waals surface area contributed by atoms with Crippen molar-refractivity contribution in [1.29, 1.82) is 0 Å². The molecular weight excluding hydrogens is 290 g/mol. The molecular formula is C18H27N3O2. The molecule has 5 heteroatoms. The summed E-state index contributed by atoms with van der Waals surface area (Å²) in [6, 6.07) is 7.20. The number of carbonyl (C=O) groups is 2. The summed E-state index contributed by atoms with van der Waals surface area (Å²) in [7, 11) is 0. The summed E-state index contributed by atoms with van der Waals surface area (Å²) in [5.74, 6) is -0.295. The normalized spacial score (nSPS) is 18.7. The van der Waals surface area contributed by atoms with Gasteiger partial charge in [-0.2, -0.15) is 0 Å². The third-order valence-corrected chi connectivity index (χ3v) is 4.20. The van der Waals surface area contributed by atoms with Gasteiger partial charge in [-0.05, 0) is 44.4 Å². The highest BCUT2D eigenvalue weighted by molar-refractivity contribution is 5.97. The molecule has 1 aliphatic rings. The molecule has 1 fully saturated rings. The van der Waals surface area contributed by atoms with Crippen LogP contribution < -0.4 is 16.0 Å². The molecule has 23 heavy (non-hydrogen) atoms. The van der Waals surface area contributed by atoms with Crippen LogP contribution in [-0.2, 0) is 4.79 Å². The molecule has 2 amide bonds. The lowest BCUT2D eigenvalue weighted by Crippen LogP contribution is -2.51. The topological polar surface area (TPSA) is 70.2 Å². The molecule has 0 radical (unpaired) electrons. The van der Waals surface area contributed by atoms with Crippen LogP contribution >= 0.6 is 0 Å². The van der Waals surface area contributed by atoms with Gasteiger partial charge in [0.15, 0.2) is 0 Å². The van der Waals surface area contributed by atoms with E-state index in [1.54, 1.807) is 6.07 Å². The lowest BCUT2D eigenvalue weighted by Gasteiger charge is -2.23. The summed E-state index contributed by atoms with van der Waals surface area (Å²) >= 11 is 0. The van der Waals surface area contributed by atoms with Gasteiger partial charge in [-0.3, -0.25) is 9.59 Å². The number of nitrogens with one attached hydrogen (secondary N) is 3. The highest BCUT2D eigenvalue weighted by Crippen LogP contribution is 2.08. The number of rotatable bonds is 6. The van der Waals surface area contributed by atoms with Crippen LogP contribution in [0.5, 0.6) is 0 Å². The number of carbonyl (C=O) groups excluding carboxylic acids is 2. The second-order valence-electron chi connectivity index (χ2n) is 6.60. The van der Waals surface area contributed by atoms with E-state index in [0.29, 0.717) is 18.2 Å². The van der Waals surface area contributed by atoms with Crippen molar-refractivity contribution in [3.05, 3.63) is 35.4 Å². The smallest absolute Gasteiger partial charge is 0.251 e. The lowest BCUT2D eigenvalue weighted by atomic mass is 10.0. The van der Waals surface area contributed by atoms with Crippen LogP contribution in [0.2, 0.25) is 0 Å². The minimum absolute atomic E-state index is 0.0281. The van der Waals surface area contributed by atoms with Gasteiger partial charge >= 0.3 is 0 Å². The average molecular weight is 317 g/mol. The number of hydrogen-bond acceptors (Lipinski definition) is 3. The molecule has 1 aromatic carbocycles. The molecule has 1 saturated heterocycles. The maximum absolute atomic E-state index is 12.4. The van der Waals surface area contributed by atoms with Crippen molar-refractivity contribution in [2.24, 2.45) is 5.92 Å². The summed E-state index contributed by atoms with van der Waals surface area (Å²) in [5, 5.41) is 9.17. The fraction of sp³-hybridized carbons (Fsp3) is 0.556. The molecule has 0 bridgehead atoms.